The second kappa shape index (κ2) is 10.5. The lowest BCUT2D eigenvalue weighted by atomic mass is 9.83. The van der Waals surface area contributed by atoms with Crippen molar-refractivity contribution < 1.29 is 0 Å². The molecule has 2 bridgehead atoms. The first-order valence-corrected chi connectivity index (χ1v) is 15.0. The maximum absolute atomic E-state index is 9.50. The monoisotopic (exact) mass is 570 g/mol. The second-order valence-electron chi connectivity index (χ2n) is 11.7. The van der Waals surface area contributed by atoms with Crippen LogP contribution in [0.2, 0.25) is 0 Å². The van der Waals surface area contributed by atoms with Crippen LogP contribution in [0.1, 0.15) is 28.7 Å². The van der Waals surface area contributed by atoms with Crippen molar-refractivity contribution in [3.8, 4) is 34.4 Å². The Bertz CT molecular complexity index is 2450. The van der Waals surface area contributed by atoms with Gasteiger partial charge in [0.2, 0.25) is 0 Å². The molecule has 0 aromatic heterocycles. The lowest BCUT2D eigenvalue weighted by molar-refractivity contribution is 1.28. The van der Waals surface area contributed by atoms with Gasteiger partial charge in [-0.1, -0.05) is 91.6 Å². The molecule has 2 heteroatoms. The summed E-state index contributed by atoms with van der Waals surface area (Å²) < 4.78 is 0. The average molecular weight is 571 g/mol. The molecule has 0 saturated heterocycles. The summed E-state index contributed by atoms with van der Waals surface area (Å²) in [6.07, 6.45) is 13.8. The molecule has 2 nitrogen and oxygen atoms in total. The minimum absolute atomic E-state index is 0.643. The van der Waals surface area contributed by atoms with E-state index in [1.54, 1.807) is 0 Å². The number of rotatable bonds is 2. The first-order chi connectivity index (χ1) is 22.1. The lowest BCUT2D eigenvalue weighted by Gasteiger charge is -2.21. The van der Waals surface area contributed by atoms with Gasteiger partial charge in [-0.15, -0.1) is 0 Å². The molecule has 8 rings (SSSR count). The first kappa shape index (κ1) is 26.4. The summed E-state index contributed by atoms with van der Waals surface area (Å²) in [5, 5.41) is 25.9. The second-order valence-corrected chi connectivity index (χ2v) is 11.7. The van der Waals surface area contributed by atoms with E-state index in [4.69, 9.17) is 0 Å². The molecule has 0 saturated carbocycles. The van der Waals surface area contributed by atoms with E-state index in [0.29, 0.717) is 11.1 Å². The Morgan fingerprint density at radius 3 is 1.71 bits per heavy atom. The first-order valence-electron chi connectivity index (χ1n) is 15.0. The van der Waals surface area contributed by atoms with Gasteiger partial charge in [-0.25, -0.2) is 0 Å². The molecule has 2 aliphatic carbocycles. The molecule has 45 heavy (non-hydrogen) atoms. The predicted octanol–water partition coefficient (Wildman–Crippen LogP) is 11.1. The number of nitriles is 2. The maximum atomic E-state index is 9.50. The van der Waals surface area contributed by atoms with Crippen molar-refractivity contribution in [2.45, 2.75) is 6.42 Å². The number of nitrogens with zero attached hydrogens (tertiary/aromatic N) is 2. The average Bonchev–Trinajstić information content (AvgIpc) is 3.14. The zero-order valence-corrected chi connectivity index (χ0v) is 24.5. The number of hydrogen-bond donors (Lipinski definition) is 0. The van der Waals surface area contributed by atoms with E-state index in [1.165, 1.54) is 27.5 Å². The molecule has 0 unspecified atom stereocenters. The van der Waals surface area contributed by atoms with E-state index < -0.39 is 0 Å². The Morgan fingerprint density at radius 1 is 0.511 bits per heavy atom. The van der Waals surface area contributed by atoms with Crippen LogP contribution < -0.4 is 0 Å². The molecule has 0 atom stereocenters. The van der Waals surface area contributed by atoms with Gasteiger partial charge < -0.3 is 0 Å². The summed E-state index contributed by atoms with van der Waals surface area (Å²) in [6, 6.07) is 38.1. The SMILES string of the molecule is C=C1C=CC=C2C=CC=C(C2)c2cc3c(-c4ccc(C#N)cc4)cc4c5ccccc5c(-c5ccc(C#N)cc5)cc4c3cc21. The van der Waals surface area contributed by atoms with Gasteiger partial charge in [0.25, 0.3) is 0 Å². The van der Waals surface area contributed by atoms with Crippen LogP contribution in [-0.4, -0.2) is 0 Å². The molecule has 0 N–H and O–H groups in total. The minimum atomic E-state index is 0.643. The van der Waals surface area contributed by atoms with Gasteiger partial charge in [-0.2, -0.15) is 10.5 Å². The molecular formula is C43H26N2. The van der Waals surface area contributed by atoms with Crippen molar-refractivity contribution >= 4 is 43.5 Å². The number of allylic oxidation sites excluding steroid dienone is 9. The van der Waals surface area contributed by atoms with Crippen molar-refractivity contribution in [1.82, 2.24) is 0 Å². The molecule has 2 aliphatic rings. The summed E-state index contributed by atoms with van der Waals surface area (Å²) in [5.74, 6) is 0. The zero-order chi connectivity index (χ0) is 30.5. The summed E-state index contributed by atoms with van der Waals surface area (Å²) in [4.78, 5) is 0. The molecule has 6 aromatic carbocycles. The van der Waals surface area contributed by atoms with Crippen LogP contribution in [0.15, 0.2) is 146 Å². The third-order valence-electron chi connectivity index (χ3n) is 9.06. The van der Waals surface area contributed by atoms with E-state index >= 15 is 0 Å². The van der Waals surface area contributed by atoms with Gasteiger partial charge in [0.1, 0.15) is 0 Å². The summed E-state index contributed by atoms with van der Waals surface area (Å²) in [7, 11) is 0. The van der Waals surface area contributed by atoms with Gasteiger partial charge in [-0.05, 0) is 137 Å². The van der Waals surface area contributed by atoms with Gasteiger partial charge in [0.05, 0.1) is 23.3 Å². The zero-order valence-electron chi connectivity index (χ0n) is 24.5. The summed E-state index contributed by atoms with van der Waals surface area (Å²) in [6.45, 7) is 4.51. The predicted molar refractivity (Wildman–Crippen MR) is 187 cm³/mol. The molecule has 0 radical (unpaired) electrons. The van der Waals surface area contributed by atoms with E-state index in [0.717, 1.165) is 61.4 Å². The topological polar surface area (TPSA) is 47.6 Å². The van der Waals surface area contributed by atoms with Crippen LogP contribution in [-0.2, 0) is 0 Å². The third-order valence-corrected chi connectivity index (χ3v) is 9.06. The fourth-order valence-corrected chi connectivity index (χ4v) is 6.80. The van der Waals surface area contributed by atoms with Crippen molar-refractivity contribution in [2.75, 3.05) is 0 Å². The fourth-order valence-electron chi connectivity index (χ4n) is 6.80. The molecular weight excluding hydrogens is 544 g/mol. The normalized spacial score (nSPS) is 13.8. The van der Waals surface area contributed by atoms with Crippen LogP contribution in [0.4, 0.5) is 0 Å². The molecule has 0 heterocycles. The highest BCUT2D eigenvalue weighted by Gasteiger charge is 2.20. The summed E-state index contributed by atoms with van der Waals surface area (Å²) >= 11 is 0. The van der Waals surface area contributed by atoms with E-state index in [-0.39, 0.29) is 0 Å². The molecule has 6 aromatic rings. The van der Waals surface area contributed by atoms with Crippen molar-refractivity contribution in [3.63, 3.8) is 0 Å². The van der Waals surface area contributed by atoms with Crippen LogP contribution in [0.25, 0.3) is 65.7 Å². The highest BCUT2D eigenvalue weighted by Crippen LogP contribution is 2.45. The van der Waals surface area contributed by atoms with Crippen molar-refractivity contribution in [2.24, 2.45) is 0 Å². The van der Waals surface area contributed by atoms with Crippen LogP contribution in [0.5, 0.6) is 0 Å². The molecule has 0 spiro atoms. The van der Waals surface area contributed by atoms with Crippen molar-refractivity contribution in [1.29, 1.82) is 10.5 Å². The lowest BCUT2D eigenvalue weighted by Crippen LogP contribution is -1.97. The van der Waals surface area contributed by atoms with Crippen molar-refractivity contribution in [3.05, 3.63) is 168 Å². The largest absolute Gasteiger partial charge is 0.192 e. The summed E-state index contributed by atoms with van der Waals surface area (Å²) in [5.41, 5.74) is 11.5. The van der Waals surface area contributed by atoms with E-state index in [1.807, 2.05) is 36.4 Å². The maximum Gasteiger partial charge on any atom is 0.0991 e. The minimum Gasteiger partial charge on any atom is -0.192 e. The highest BCUT2D eigenvalue weighted by molar-refractivity contribution is 6.24. The van der Waals surface area contributed by atoms with Gasteiger partial charge in [0, 0.05) is 0 Å². The molecule has 0 aliphatic heterocycles. The Morgan fingerprint density at radius 2 is 1.04 bits per heavy atom. The van der Waals surface area contributed by atoms with Crippen LogP contribution in [0.3, 0.4) is 0 Å². The number of benzene rings is 6. The van der Waals surface area contributed by atoms with Gasteiger partial charge in [-0.3, -0.25) is 0 Å². The Kier molecular flexibility index (Phi) is 6.16. The number of fused-ring (bicyclic) bond motifs is 9. The Labute approximate surface area is 262 Å². The van der Waals surface area contributed by atoms with Gasteiger partial charge >= 0.3 is 0 Å². The smallest absolute Gasteiger partial charge is 0.0991 e. The molecule has 208 valence electrons. The molecule has 0 fully saturated rings. The van der Waals surface area contributed by atoms with E-state index in [9.17, 15) is 10.5 Å². The Hall–Kier alpha value is -6.22. The highest BCUT2D eigenvalue weighted by atomic mass is 14.3. The quantitative estimate of drug-likeness (QED) is 0.194. The Balaban J connectivity index is 1.52. The fraction of sp³-hybridized carbons (Fsp3) is 0.0233. The number of hydrogen-bond acceptors (Lipinski definition) is 2. The van der Waals surface area contributed by atoms with E-state index in [2.05, 4.69) is 116 Å². The molecule has 0 amide bonds. The van der Waals surface area contributed by atoms with Crippen LogP contribution in [0, 0.1) is 22.7 Å². The van der Waals surface area contributed by atoms with Crippen LogP contribution >= 0.6 is 0 Å². The third kappa shape index (κ3) is 4.41. The van der Waals surface area contributed by atoms with Gasteiger partial charge in [0.15, 0.2) is 0 Å². The standard InChI is InChI=1S/C43H26N2/c1-27-6-4-7-28-8-5-9-33(20-28)39-24-41-38(32-18-14-30(26-45)15-19-32)23-40-35-11-3-2-10-34(35)37(22-43(40)42(41)21-36(27)39)31-16-12-29(25-44)13-17-31/h2-19,21-24H,1,20H2.